The zero-order chi connectivity index (χ0) is 21.3. The molecule has 1 aliphatic rings. The lowest BCUT2D eigenvalue weighted by Crippen LogP contribution is -2.23. The standard InChI is InChI=1S/C24H27NO5/c1-29-23-16-19(9-13-22(23)30-17-24(27)28)21(26)12-8-18-6-10-20(11-7-18)25-14-4-2-3-5-15-25/h6-13,16H,2-5,14-15,17H2,1H3,(H,27,28)/b12-8+. The Morgan fingerprint density at radius 1 is 1.00 bits per heavy atom. The number of carbonyl (C=O) groups excluding carboxylic acids is 1. The Kier molecular flexibility index (Phi) is 7.49. The number of rotatable bonds is 8. The van der Waals surface area contributed by atoms with Crippen molar-refractivity contribution >= 4 is 23.5 Å². The molecule has 0 atom stereocenters. The van der Waals surface area contributed by atoms with E-state index in [-0.39, 0.29) is 11.5 Å². The number of aliphatic carboxylic acids is 1. The average Bonchev–Trinajstić information content (AvgIpc) is 3.06. The summed E-state index contributed by atoms with van der Waals surface area (Å²) in [4.78, 5) is 25.6. The van der Waals surface area contributed by atoms with E-state index in [2.05, 4.69) is 17.0 Å². The molecule has 6 heteroatoms. The van der Waals surface area contributed by atoms with Gasteiger partial charge in [-0.15, -0.1) is 0 Å². The van der Waals surface area contributed by atoms with Crippen molar-refractivity contribution in [1.29, 1.82) is 0 Å². The lowest BCUT2D eigenvalue weighted by atomic mass is 10.1. The fourth-order valence-corrected chi connectivity index (χ4v) is 3.47. The predicted molar refractivity (Wildman–Crippen MR) is 117 cm³/mol. The Bertz CT molecular complexity index is 896. The van der Waals surface area contributed by atoms with Crippen molar-refractivity contribution in [3.05, 3.63) is 59.7 Å². The summed E-state index contributed by atoms with van der Waals surface area (Å²) in [5, 5.41) is 8.73. The first-order valence-electron chi connectivity index (χ1n) is 10.2. The number of methoxy groups -OCH3 is 1. The highest BCUT2D eigenvalue weighted by atomic mass is 16.5. The van der Waals surface area contributed by atoms with Crippen molar-refractivity contribution in [3.63, 3.8) is 0 Å². The highest BCUT2D eigenvalue weighted by Gasteiger charge is 2.11. The van der Waals surface area contributed by atoms with Gasteiger partial charge < -0.3 is 19.5 Å². The molecule has 0 spiro atoms. The van der Waals surface area contributed by atoms with Crippen LogP contribution in [0.2, 0.25) is 0 Å². The van der Waals surface area contributed by atoms with E-state index in [9.17, 15) is 9.59 Å². The number of carbonyl (C=O) groups is 2. The first-order chi connectivity index (χ1) is 14.6. The van der Waals surface area contributed by atoms with Crippen LogP contribution in [0.1, 0.15) is 41.6 Å². The number of allylic oxidation sites excluding steroid dienone is 1. The van der Waals surface area contributed by atoms with Gasteiger partial charge in [-0.2, -0.15) is 0 Å². The molecule has 30 heavy (non-hydrogen) atoms. The second kappa shape index (κ2) is 10.5. The van der Waals surface area contributed by atoms with E-state index in [0.29, 0.717) is 11.3 Å². The molecule has 0 unspecified atom stereocenters. The van der Waals surface area contributed by atoms with Crippen LogP contribution < -0.4 is 14.4 Å². The fourth-order valence-electron chi connectivity index (χ4n) is 3.47. The molecule has 1 aliphatic heterocycles. The smallest absolute Gasteiger partial charge is 0.341 e. The number of hydrogen-bond acceptors (Lipinski definition) is 5. The van der Waals surface area contributed by atoms with Crippen molar-refractivity contribution in [2.24, 2.45) is 0 Å². The van der Waals surface area contributed by atoms with Gasteiger partial charge in [0.1, 0.15) is 0 Å². The number of benzene rings is 2. The van der Waals surface area contributed by atoms with E-state index < -0.39 is 12.6 Å². The molecule has 0 aromatic heterocycles. The van der Waals surface area contributed by atoms with Crippen molar-refractivity contribution in [1.82, 2.24) is 0 Å². The number of anilines is 1. The largest absolute Gasteiger partial charge is 0.493 e. The third-order valence-corrected chi connectivity index (χ3v) is 5.09. The van der Waals surface area contributed by atoms with Crippen LogP contribution in [0.4, 0.5) is 5.69 Å². The number of nitrogens with zero attached hydrogens (tertiary/aromatic N) is 1. The van der Waals surface area contributed by atoms with Crippen LogP contribution in [-0.4, -0.2) is 43.7 Å². The summed E-state index contributed by atoms with van der Waals surface area (Å²) < 4.78 is 10.4. The molecule has 3 rings (SSSR count). The minimum absolute atomic E-state index is 0.172. The van der Waals surface area contributed by atoms with Gasteiger partial charge in [-0.1, -0.05) is 31.1 Å². The molecule has 1 saturated heterocycles. The van der Waals surface area contributed by atoms with Gasteiger partial charge in [0.2, 0.25) is 0 Å². The Balaban J connectivity index is 1.65. The van der Waals surface area contributed by atoms with E-state index in [1.54, 1.807) is 24.3 Å². The van der Waals surface area contributed by atoms with E-state index in [1.807, 2.05) is 12.1 Å². The molecule has 0 aliphatic carbocycles. The topological polar surface area (TPSA) is 76.1 Å². The van der Waals surface area contributed by atoms with Gasteiger partial charge in [-0.25, -0.2) is 4.79 Å². The fraction of sp³-hybridized carbons (Fsp3) is 0.333. The summed E-state index contributed by atoms with van der Waals surface area (Å²) in [6, 6.07) is 12.9. The second-order valence-electron chi connectivity index (χ2n) is 7.24. The predicted octanol–water partition coefficient (Wildman–Crippen LogP) is 4.44. The second-order valence-corrected chi connectivity index (χ2v) is 7.24. The summed E-state index contributed by atoms with van der Waals surface area (Å²) in [5.74, 6) is -0.654. The molecule has 1 fully saturated rings. The average molecular weight is 409 g/mol. The molecule has 6 nitrogen and oxygen atoms in total. The number of carboxylic acids is 1. The first-order valence-corrected chi connectivity index (χ1v) is 10.2. The quantitative estimate of drug-likeness (QED) is 0.513. The van der Waals surface area contributed by atoms with Gasteiger partial charge >= 0.3 is 5.97 Å². The molecule has 0 amide bonds. The van der Waals surface area contributed by atoms with E-state index in [4.69, 9.17) is 14.6 Å². The highest BCUT2D eigenvalue weighted by Crippen LogP contribution is 2.28. The van der Waals surface area contributed by atoms with Crippen molar-refractivity contribution < 1.29 is 24.2 Å². The minimum atomic E-state index is -1.08. The molecule has 0 radical (unpaired) electrons. The maximum Gasteiger partial charge on any atom is 0.341 e. The van der Waals surface area contributed by atoms with Crippen molar-refractivity contribution in [2.75, 3.05) is 31.7 Å². The lowest BCUT2D eigenvalue weighted by molar-refractivity contribution is -0.139. The van der Waals surface area contributed by atoms with Crippen LogP contribution >= 0.6 is 0 Å². The van der Waals surface area contributed by atoms with Gasteiger partial charge in [0.05, 0.1) is 7.11 Å². The Labute approximate surface area is 176 Å². The van der Waals surface area contributed by atoms with Crippen LogP contribution in [0.3, 0.4) is 0 Å². The molecule has 158 valence electrons. The molecule has 1 heterocycles. The first kappa shape index (κ1) is 21.4. The summed E-state index contributed by atoms with van der Waals surface area (Å²) in [6.45, 7) is 1.72. The van der Waals surface area contributed by atoms with Gasteiger partial charge in [0.15, 0.2) is 23.9 Å². The van der Waals surface area contributed by atoms with Crippen LogP contribution in [0.5, 0.6) is 11.5 Å². The van der Waals surface area contributed by atoms with Gasteiger partial charge in [-0.05, 0) is 54.8 Å². The molecular formula is C24H27NO5. The van der Waals surface area contributed by atoms with Crippen LogP contribution in [0, 0.1) is 0 Å². The minimum Gasteiger partial charge on any atom is -0.493 e. The summed E-state index contributed by atoms with van der Waals surface area (Å²) >= 11 is 0. The normalized spacial score (nSPS) is 14.4. The Morgan fingerprint density at radius 2 is 1.70 bits per heavy atom. The lowest BCUT2D eigenvalue weighted by Gasteiger charge is -2.22. The number of hydrogen-bond donors (Lipinski definition) is 1. The molecular weight excluding hydrogens is 382 g/mol. The maximum atomic E-state index is 12.5. The highest BCUT2D eigenvalue weighted by molar-refractivity contribution is 6.07. The van der Waals surface area contributed by atoms with Crippen LogP contribution in [-0.2, 0) is 4.79 Å². The Morgan fingerprint density at radius 3 is 2.33 bits per heavy atom. The van der Waals surface area contributed by atoms with Crippen molar-refractivity contribution in [3.8, 4) is 11.5 Å². The number of ether oxygens (including phenoxy) is 2. The number of ketones is 1. The van der Waals surface area contributed by atoms with E-state index >= 15 is 0 Å². The van der Waals surface area contributed by atoms with Gasteiger partial charge in [-0.3, -0.25) is 4.79 Å². The molecule has 1 N–H and O–H groups in total. The maximum absolute atomic E-state index is 12.5. The number of carboxylic acid groups (broad SMARTS) is 1. The molecule has 2 aromatic carbocycles. The van der Waals surface area contributed by atoms with E-state index in [0.717, 1.165) is 18.7 Å². The van der Waals surface area contributed by atoms with E-state index in [1.165, 1.54) is 44.6 Å². The Hall–Kier alpha value is -3.28. The zero-order valence-corrected chi connectivity index (χ0v) is 17.2. The van der Waals surface area contributed by atoms with Crippen molar-refractivity contribution in [2.45, 2.75) is 25.7 Å². The zero-order valence-electron chi connectivity index (χ0n) is 17.2. The summed E-state index contributed by atoms with van der Waals surface area (Å²) in [7, 11) is 1.44. The SMILES string of the molecule is COc1cc(C(=O)/C=C/c2ccc(N3CCCCCC3)cc2)ccc1OCC(=O)O. The summed E-state index contributed by atoms with van der Waals surface area (Å²) in [6.07, 6.45) is 8.39. The van der Waals surface area contributed by atoms with Crippen LogP contribution in [0.25, 0.3) is 6.08 Å². The van der Waals surface area contributed by atoms with Gasteiger partial charge in [0.25, 0.3) is 0 Å². The molecule has 0 bridgehead atoms. The molecule has 0 saturated carbocycles. The third-order valence-electron chi connectivity index (χ3n) is 5.09. The van der Waals surface area contributed by atoms with Gasteiger partial charge in [0, 0.05) is 24.3 Å². The van der Waals surface area contributed by atoms with Crippen LogP contribution in [0.15, 0.2) is 48.5 Å². The third kappa shape index (κ3) is 5.86. The molecule has 2 aromatic rings. The summed E-state index contributed by atoms with van der Waals surface area (Å²) in [5.41, 5.74) is 2.62. The monoisotopic (exact) mass is 409 g/mol.